The average molecular weight is 431 g/mol. The van der Waals surface area contributed by atoms with E-state index in [0.717, 1.165) is 16.8 Å². The van der Waals surface area contributed by atoms with Crippen molar-refractivity contribution in [1.29, 1.82) is 0 Å². The van der Waals surface area contributed by atoms with Crippen LogP contribution in [0.25, 0.3) is 17.1 Å². The van der Waals surface area contributed by atoms with Crippen LogP contribution in [0.2, 0.25) is 5.02 Å². The monoisotopic (exact) mass is 430 g/mol. The molecule has 1 atom stereocenters. The lowest BCUT2D eigenvalue weighted by Gasteiger charge is -2.15. The Balaban J connectivity index is 2.04. The molecule has 0 fully saturated rings. The molecule has 2 heterocycles. The predicted octanol–water partition coefficient (Wildman–Crippen LogP) is 3.23. The van der Waals surface area contributed by atoms with Crippen molar-refractivity contribution in [2.75, 3.05) is 7.05 Å². The molecule has 3 amide bonds. The van der Waals surface area contributed by atoms with Crippen molar-refractivity contribution in [1.82, 2.24) is 30.4 Å². The summed E-state index contributed by atoms with van der Waals surface area (Å²) in [5.74, 6) is 0.163. The summed E-state index contributed by atoms with van der Waals surface area (Å²) in [5.41, 5.74) is 2.48. The number of imide groups is 1. The van der Waals surface area contributed by atoms with Crippen molar-refractivity contribution in [2.45, 2.75) is 24.3 Å². The largest absolute Gasteiger partial charge is 0.341 e. The van der Waals surface area contributed by atoms with Gasteiger partial charge in [-0.15, -0.1) is 10.2 Å². The Morgan fingerprint density at radius 3 is 2.59 bits per heavy atom. The Morgan fingerprint density at radius 1 is 1.17 bits per heavy atom. The van der Waals surface area contributed by atoms with E-state index in [9.17, 15) is 9.59 Å². The van der Waals surface area contributed by atoms with Gasteiger partial charge in [0.05, 0.1) is 10.9 Å². The molecule has 2 aromatic heterocycles. The van der Waals surface area contributed by atoms with E-state index in [1.807, 2.05) is 41.8 Å². The number of aromatic nitrogens is 4. The van der Waals surface area contributed by atoms with Gasteiger partial charge in [0, 0.05) is 30.0 Å². The van der Waals surface area contributed by atoms with Crippen LogP contribution in [-0.4, -0.2) is 44.0 Å². The third kappa shape index (κ3) is 4.57. The van der Waals surface area contributed by atoms with Crippen LogP contribution >= 0.6 is 23.4 Å². The topological polar surface area (TPSA) is 102 Å². The number of nitrogens with zero attached hydrogens (tertiary/aromatic N) is 4. The molecule has 3 rings (SSSR count). The van der Waals surface area contributed by atoms with Gasteiger partial charge in [-0.2, -0.15) is 0 Å². The number of carbonyl (C=O) groups is 2. The maximum absolute atomic E-state index is 12.3. The normalized spacial score (nSPS) is 11.7. The van der Waals surface area contributed by atoms with Crippen LogP contribution in [0.1, 0.15) is 12.5 Å². The van der Waals surface area contributed by atoms with Gasteiger partial charge in [0.15, 0.2) is 11.0 Å². The number of urea groups is 1. The van der Waals surface area contributed by atoms with Gasteiger partial charge in [0.1, 0.15) is 0 Å². The third-order valence-corrected chi connectivity index (χ3v) is 5.62. The van der Waals surface area contributed by atoms with Crippen molar-refractivity contribution in [3.8, 4) is 17.1 Å². The first kappa shape index (κ1) is 20.8. The summed E-state index contributed by atoms with van der Waals surface area (Å²) < 4.78 is 1.85. The van der Waals surface area contributed by atoms with E-state index < -0.39 is 17.2 Å². The third-order valence-electron chi connectivity index (χ3n) is 4.17. The number of rotatable bonds is 5. The number of pyridine rings is 1. The van der Waals surface area contributed by atoms with Gasteiger partial charge in [0.25, 0.3) is 0 Å². The zero-order valence-electron chi connectivity index (χ0n) is 16.0. The smallest absolute Gasteiger partial charge is 0.321 e. The fraction of sp³-hybridized carbons (Fsp3) is 0.211. The molecule has 150 valence electrons. The molecule has 0 aliphatic rings. The molecule has 0 spiro atoms. The Bertz CT molecular complexity index is 1040. The molecule has 0 saturated heterocycles. The van der Waals surface area contributed by atoms with Gasteiger partial charge < -0.3 is 5.32 Å². The van der Waals surface area contributed by atoms with E-state index in [-0.39, 0.29) is 0 Å². The summed E-state index contributed by atoms with van der Waals surface area (Å²) in [6.45, 7) is 3.60. The molecular weight excluding hydrogens is 412 g/mol. The number of benzene rings is 1. The van der Waals surface area contributed by atoms with E-state index in [4.69, 9.17) is 11.6 Å². The van der Waals surface area contributed by atoms with Crippen molar-refractivity contribution >= 4 is 35.3 Å². The number of carbonyl (C=O) groups excluding carboxylic acids is 2. The molecule has 0 radical (unpaired) electrons. The molecule has 3 aromatic rings. The summed E-state index contributed by atoms with van der Waals surface area (Å²) in [6, 6.07) is 8.66. The zero-order chi connectivity index (χ0) is 21.0. The minimum Gasteiger partial charge on any atom is -0.341 e. The van der Waals surface area contributed by atoms with Gasteiger partial charge in [-0.05, 0) is 43.7 Å². The second-order valence-electron chi connectivity index (χ2n) is 6.09. The Kier molecular flexibility index (Phi) is 6.50. The first-order valence-electron chi connectivity index (χ1n) is 8.73. The second kappa shape index (κ2) is 9.06. The lowest BCUT2D eigenvalue weighted by molar-refractivity contribution is -0.119. The molecule has 0 aliphatic carbocycles. The van der Waals surface area contributed by atoms with Gasteiger partial charge in [-0.3, -0.25) is 19.7 Å². The number of nitrogens with one attached hydrogen (secondary N) is 2. The maximum Gasteiger partial charge on any atom is 0.321 e. The van der Waals surface area contributed by atoms with Crippen molar-refractivity contribution in [3.63, 3.8) is 0 Å². The summed E-state index contributed by atoms with van der Waals surface area (Å²) in [6.07, 6.45) is 3.34. The fourth-order valence-electron chi connectivity index (χ4n) is 2.58. The van der Waals surface area contributed by atoms with Crippen LogP contribution in [0, 0.1) is 6.92 Å². The van der Waals surface area contributed by atoms with Crippen molar-refractivity contribution in [3.05, 3.63) is 53.3 Å². The van der Waals surface area contributed by atoms with Crippen LogP contribution in [0.4, 0.5) is 4.79 Å². The summed E-state index contributed by atoms with van der Waals surface area (Å²) in [4.78, 5) is 27.8. The van der Waals surface area contributed by atoms with Crippen LogP contribution in [-0.2, 0) is 4.79 Å². The number of thioether (sulfide) groups is 1. The molecule has 29 heavy (non-hydrogen) atoms. The first-order valence-corrected chi connectivity index (χ1v) is 9.98. The highest BCUT2D eigenvalue weighted by Gasteiger charge is 2.23. The number of hydrogen-bond donors (Lipinski definition) is 2. The number of amides is 3. The highest BCUT2D eigenvalue weighted by atomic mass is 35.5. The van der Waals surface area contributed by atoms with Crippen LogP contribution in [0.15, 0.2) is 47.9 Å². The second-order valence-corrected chi connectivity index (χ2v) is 7.81. The molecule has 0 bridgehead atoms. The maximum atomic E-state index is 12.3. The highest BCUT2D eigenvalue weighted by Crippen LogP contribution is 2.32. The van der Waals surface area contributed by atoms with Gasteiger partial charge in [0.2, 0.25) is 5.91 Å². The summed E-state index contributed by atoms with van der Waals surface area (Å²) >= 11 is 7.53. The highest BCUT2D eigenvalue weighted by molar-refractivity contribution is 8.00. The molecule has 1 unspecified atom stereocenters. The van der Waals surface area contributed by atoms with Crippen molar-refractivity contribution in [2.24, 2.45) is 0 Å². The Labute approximate surface area is 177 Å². The van der Waals surface area contributed by atoms with E-state index in [1.54, 1.807) is 19.3 Å². The Morgan fingerprint density at radius 2 is 1.90 bits per heavy atom. The standard InChI is InChI=1S/C19H19ClN6O2S/c1-11-14(20)5-4-6-15(11)26-16(13-7-9-22-10-8-13)24-25-19(26)29-12(2)17(27)23-18(28)21-3/h4-10,12H,1-3H3,(H2,21,23,27,28). The molecule has 2 N–H and O–H groups in total. The molecule has 0 aliphatic heterocycles. The van der Waals surface area contributed by atoms with Crippen LogP contribution in [0.5, 0.6) is 0 Å². The quantitative estimate of drug-likeness (QED) is 0.602. The fourth-order valence-corrected chi connectivity index (χ4v) is 3.61. The minimum atomic E-state index is -0.583. The summed E-state index contributed by atoms with van der Waals surface area (Å²) in [5, 5.41) is 13.8. The molecule has 1 aromatic carbocycles. The lowest BCUT2D eigenvalue weighted by Crippen LogP contribution is -2.41. The van der Waals surface area contributed by atoms with Gasteiger partial charge in [-0.1, -0.05) is 29.4 Å². The number of hydrogen-bond acceptors (Lipinski definition) is 6. The number of halogens is 1. The summed E-state index contributed by atoms with van der Waals surface area (Å²) in [7, 11) is 1.44. The van der Waals surface area contributed by atoms with E-state index in [0.29, 0.717) is 16.0 Å². The van der Waals surface area contributed by atoms with E-state index in [2.05, 4.69) is 25.8 Å². The average Bonchev–Trinajstić information content (AvgIpc) is 3.13. The van der Waals surface area contributed by atoms with Gasteiger partial charge >= 0.3 is 6.03 Å². The zero-order valence-corrected chi connectivity index (χ0v) is 17.6. The predicted molar refractivity (Wildman–Crippen MR) is 112 cm³/mol. The van der Waals surface area contributed by atoms with Crippen LogP contribution < -0.4 is 10.6 Å². The Hall–Kier alpha value is -2.91. The van der Waals surface area contributed by atoms with E-state index in [1.165, 1.54) is 18.8 Å². The molecule has 10 heteroatoms. The van der Waals surface area contributed by atoms with Crippen LogP contribution in [0.3, 0.4) is 0 Å². The molecular formula is C19H19ClN6O2S. The van der Waals surface area contributed by atoms with Crippen molar-refractivity contribution < 1.29 is 9.59 Å². The molecule has 8 nitrogen and oxygen atoms in total. The van der Waals surface area contributed by atoms with Gasteiger partial charge in [-0.25, -0.2) is 4.79 Å². The minimum absolute atomic E-state index is 0.433. The lowest BCUT2D eigenvalue weighted by atomic mass is 10.2. The van der Waals surface area contributed by atoms with E-state index >= 15 is 0 Å². The first-order chi connectivity index (χ1) is 13.9. The SMILES string of the molecule is CNC(=O)NC(=O)C(C)Sc1nnc(-c2ccncc2)n1-c1cccc(Cl)c1C. The molecule has 0 saturated carbocycles.